The Morgan fingerprint density at radius 1 is 1.14 bits per heavy atom. The predicted molar refractivity (Wildman–Crippen MR) is 115 cm³/mol. The van der Waals surface area contributed by atoms with Crippen LogP contribution in [0.2, 0.25) is 0 Å². The molecule has 1 fully saturated rings. The van der Waals surface area contributed by atoms with E-state index in [-0.39, 0.29) is 11.9 Å². The van der Waals surface area contributed by atoms with Crippen molar-refractivity contribution in [2.75, 3.05) is 25.1 Å². The summed E-state index contributed by atoms with van der Waals surface area (Å²) >= 11 is 0. The number of amides is 1. The molecule has 1 unspecified atom stereocenters. The van der Waals surface area contributed by atoms with Gasteiger partial charge in [-0.05, 0) is 62.2 Å². The Morgan fingerprint density at radius 3 is 2.55 bits per heavy atom. The first kappa shape index (κ1) is 19.1. The molecule has 3 aromatic rings. The molecule has 1 aromatic heterocycles. The lowest BCUT2D eigenvalue weighted by atomic mass is 10.1. The van der Waals surface area contributed by atoms with Crippen molar-refractivity contribution in [3.8, 4) is 17.0 Å². The molecule has 0 saturated carbocycles. The number of nitrogens with zero attached hydrogens (tertiary/aromatic N) is 2. The molecule has 2 N–H and O–H groups in total. The van der Waals surface area contributed by atoms with Gasteiger partial charge in [0.15, 0.2) is 5.82 Å². The van der Waals surface area contributed by atoms with E-state index in [0.29, 0.717) is 0 Å². The monoisotopic (exact) mass is 390 g/mol. The van der Waals surface area contributed by atoms with Gasteiger partial charge in [0.25, 0.3) is 5.91 Å². The topological polar surface area (TPSA) is 70.2 Å². The number of hydrogen-bond acceptors (Lipinski definition) is 4. The van der Waals surface area contributed by atoms with Gasteiger partial charge in [0, 0.05) is 30.8 Å². The molecule has 1 aliphatic heterocycles. The van der Waals surface area contributed by atoms with Gasteiger partial charge in [0.2, 0.25) is 0 Å². The molecule has 1 amide bonds. The Kier molecular flexibility index (Phi) is 5.25. The van der Waals surface area contributed by atoms with Gasteiger partial charge in [-0.1, -0.05) is 17.2 Å². The molecule has 0 radical (unpaired) electrons. The van der Waals surface area contributed by atoms with Crippen molar-refractivity contribution in [1.82, 2.24) is 15.5 Å². The quantitative estimate of drug-likeness (QED) is 0.697. The minimum atomic E-state index is -0.00963. The van der Waals surface area contributed by atoms with Gasteiger partial charge in [-0.3, -0.25) is 9.89 Å². The maximum atomic E-state index is 12.6. The van der Waals surface area contributed by atoms with E-state index < -0.39 is 0 Å². The van der Waals surface area contributed by atoms with Gasteiger partial charge >= 0.3 is 0 Å². The second kappa shape index (κ2) is 7.99. The van der Waals surface area contributed by atoms with Gasteiger partial charge in [-0.15, -0.1) is 0 Å². The molecule has 1 saturated heterocycles. The van der Waals surface area contributed by atoms with Crippen LogP contribution in [0, 0.1) is 13.8 Å². The highest BCUT2D eigenvalue weighted by molar-refractivity contribution is 5.94. The van der Waals surface area contributed by atoms with E-state index in [0.717, 1.165) is 59.0 Å². The van der Waals surface area contributed by atoms with Gasteiger partial charge in [0.05, 0.1) is 12.8 Å². The number of aryl methyl sites for hydroxylation is 2. The SMILES string of the molecule is COc1ccc(-c2cc(N3CCC(NC(=O)c4cc(C)cc(C)c4)C3)n[nH]2)cc1. The fourth-order valence-corrected chi connectivity index (χ4v) is 3.85. The second-order valence-electron chi connectivity index (χ2n) is 7.65. The molecule has 150 valence electrons. The summed E-state index contributed by atoms with van der Waals surface area (Å²) < 4.78 is 5.21. The Morgan fingerprint density at radius 2 is 1.86 bits per heavy atom. The molecule has 6 nitrogen and oxygen atoms in total. The summed E-state index contributed by atoms with van der Waals surface area (Å²) in [4.78, 5) is 14.8. The van der Waals surface area contributed by atoms with Crippen LogP contribution in [0.15, 0.2) is 48.5 Å². The highest BCUT2D eigenvalue weighted by Crippen LogP contribution is 2.26. The summed E-state index contributed by atoms with van der Waals surface area (Å²) in [6.45, 7) is 5.65. The lowest BCUT2D eigenvalue weighted by Crippen LogP contribution is -2.37. The molecule has 0 spiro atoms. The molecule has 6 heteroatoms. The fraction of sp³-hybridized carbons (Fsp3) is 0.304. The predicted octanol–water partition coefficient (Wildman–Crippen LogP) is 3.71. The summed E-state index contributed by atoms with van der Waals surface area (Å²) in [5.74, 6) is 1.72. The van der Waals surface area contributed by atoms with Crippen LogP contribution in [0.25, 0.3) is 11.3 Å². The molecule has 1 atom stereocenters. The highest BCUT2D eigenvalue weighted by Gasteiger charge is 2.26. The van der Waals surface area contributed by atoms with Crippen LogP contribution in [-0.2, 0) is 0 Å². The van der Waals surface area contributed by atoms with Crippen molar-refractivity contribution in [3.63, 3.8) is 0 Å². The molecule has 0 bridgehead atoms. The molecule has 2 aromatic carbocycles. The zero-order valence-corrected chi connectivity index (χ0v) is 17.0. The summed E-state index contributed by atoms with van der Waals surface area (Å²) in [6, 6.07) is 16.0. The number of carbonyl (C=O) groups excluding carboxylic acids is 1. The van der Waals surface area contributed by atoms with Crippen LogP contribution in [0.5, 0.6) is 5.75 Å². The number of ether oxygens (including phenoxy) is 1. The molecular formula is C23H26N4O2. The maximum Gasteiger partial charge on any atom is 0.251 e. The van der Waals surface area contributed by atoms with Gasteiger partial charge in [0.1, 0.15) is 5.75 Å². The van der Waals surface area contributed by atoms with Gasteiger partial charge in [-0.2, -0.15) is 5.10 Å². The smallest absolute Gasteiger partial charge is 0.251 e. The van der Waals surface area contributed by atoms with E-state index in [1.165, 1.54) is 0 Å². The first-order valence-electron chi connectivity index (χ1n) is 9.86. The summed E-state index contributed by atoms with van der Waals surface area (Å²) in [5.41, 5.74) is 4.95. The Bertz CT molecular complexity index is 990. The first-order chi connectivity index (χ1) is 14.0. The maximum absolute atomic E-state index is 12.6. The van der Waals surface area contributed by atoms with Crippen molar-refractivity contribution in [1.29, 1.82) is 0 Å². The van der Waals surface area contributed by atoms with Crippen LogP contribution in [0.1, 0.15) is 27.9 Å². The molecule has 29 heavy (non-hydrogen) atoms. The van der Waals surface area contributed by atoms with Crippen molar-refractivity contribution in [2.24, 2.45) is 0 Å². The van der Waals surface area contributed by atoms with Crippen molar-refractivity contribution < 1.29 is 9.53 Å². The standard InChI is InChI=1S/C23H26N4O2/c1-15-10-16(2)12-18(11-15)23(28)24-19-8-9-27(14-19)22-13-21(25-26-22)17-4-6-20(29-3)7-5-17/h4-7,10-13,19H,8-9,14H2,1-3H3,(H,24,28)(H,25,26). The number of aromatic nitrogens is 2. The van der Waals surface area contributed by atoms with E-state index in [2.05, 4.69) is 32.5 Å². The van der Waals surface area contributed by atoms with Gasteiger partial charge in [-0.25, -0.2) is 0 Å². The number of rotatable bonds is 5. The number of hydrogen-bond donors (Lipinski definition) is 2. The number of benzene rings is 2. The normalized spacial score (nSPS) is 16.1. The number of aromatic amines is 1. The van der Waals surface area contributed by atoms with Crippen LogP contribution in [-0.4, -0.2) is 42.3 Å². The van der Waals surface area contributed by atoms with E-state index in [1.807, 2.05) is 50.2 Å². The van der Waals surface area contributed by atoms with Crippen LogP contribution >= 0.6 is 0 Å². The van der Waals surface area contributed by atoms with Gasteiger partial charge < -0.3 is 15.0 Å². The minimum absolute atomic E-state index is 0.00963. The van der Waals surface area contributed by atoms with E-state index >= 15 is 0 Å². The van der Waals surface area contributed by atoms with Crippen molar-refractivity contribution in [2.45, 2.75) is 26.3 Å². The lowest BCUT2D eigenvalue weighted by molar-refractivity contribution is 0.0940. The molecule has 4 rings (SSSR count). The van der Waals surface area contributed by atoms with Crippen LogP contribution < -0.4 is 15.0 Å². The van der Waals surface area contributed by atoms with E-state index in [1.54, 1.807) is 7.11 Å². The third-order valence-corrected chi connectivity index (χ3v) is 5.30. The second-order valence-corrected chi connectivity index (χ2v) is 7.65. The molecule has 0 aliphatic carbocycles. The number of methoxy groups -OCH3 is 1. The minimum Gasteiger partial charge on any atom is -0.497 e. The summed E-state index contributed by atoms with van der Waals surface area (Å²) in [7, 11) is 1.66. The summed E-state index contributed by atoms with van der Waals surface area (Å²) in [6.07, 6.45) is 0.904. The van der Waals surface area contributed by atoms with Crippen LogP contribution in [0.3, 0.4) is 0 Å². The zero-order chi connectivity index (χ0) is 20.4. The zero-order valence-electron chi connectivity index (χ0n) is 17.0. The molecule has 1 aliphatic rings. The third-order valence-electron chi connectivity index (χ3n) is 5.30. The lowest BCUT2D eigenvalue weighted by Gasteiger charge is -2.16. The number of anilines is 1. The molecular weight excluding hydrogens is 364 g/mol. The Labute approximate surface area is 170 Å². The number of carbonyl (C=O) groups is 1. The summed E-state index contributed by atoms with van der Waals surface area (Å²) in [5, 5.41) is 10.7. The average Bonchev–Trinajstić information content (AvgIpc) is 3.37. The fourth-order valence-electron chi connectivity index (χ4n) is 3.85. The Balaban J connectivity index is 1.39. The van der Waals surface area contributed by atoms with E-state index in [9.17, 15) is 4.79 Å². The molecule has 2 heterocycles. The first-order valence-corrected chi connectivity index (χ1v) is 9.86. The largest absolute Gasteiger partial charge is 0.497 e. The number of H-pyrrole nitrogens is 1. The van der Waals surface area contributed by atoms with Crippen molar-refractivity contribution >= 4 is 11.7 Å². The van der Waals surface area contributed by atoms with E-state index in [4.69, 9.17) is 4.74 Å². The Hall–Kier alpha value is -3.28. The number of nitrogens with one attached hydrogen (secondary N) is 2. The highest BCUT2D eigenvalue weighted by atomic mass is 16.5. The average molecular weight is 390 g/mol. The van der Waals surface area contributed by atoms with Crippen molar-refractivity contribution in [3.05, 3.63) is 65.2 Å². The van der Waals surface area contributed by atoms with Crippen LogP contribution in [0.4, 0.5) is 5.82 Å². The third kappa shape index (κ3) is 4.26.